The van der Waals surface area contributed by atoms with Crippen LogP contribution >= 0.6 is 22.6 Å². The molecule has 0 fully saturated rings. The molecule has 0 aliphatic heterocycles. The first-order chi connectivity index (χ1) is 8.25. The number of nitrogens with one attached hydrogen (secondary N) is 1. The van der Waals surface area contributed by atoms with Crippen LogP contribution in [0.15, 0.2) is 36.9 Å². The number of anilines is 1. The fourth-order valence-corrected chi connectivity index (χ4v) is 2.18. The van der Waals surface area contributed by atoms with Crippen LogP contribution in [0.2, 0.25) is 0 Å². The van der Waals surface area contributed by atoms with Crippen molar-refractivity contribution < 1.29 is 0 Å². The van der Waals surface area contributed by atoms with Crippen LogP contribution < -0.4 is 5.32 Å². The number of hydrogen-bond acceptors (Lipinski definition) is 2. The molecule has 0 bridgehead atoms. The largest absolute Gasteiger partial charge is 0.385 e. The van der Waals surface area contributed by atoms with Crippen molar-refractivity contribution in [2.45, 2.75) is 19.9 Å². The molecule has 4 heteroatoms. The van der Waals surface area contributed by atoms with Crippen LogP contribution in [-0.2, 0) is 6.54 Å². The van der Waals surface area contributed by atoms with Crippen LogP contribution in [0.3, 0.4) is 0 Å². The smallest absolute Gasteiger partial charge is 0.0945 e. The highest BCUT2D eigenvalue weighted by Crippen LogP contribution is 2.17. The van der Waals surface area contributed by atoms with Crippen molar-refractivity contribution in [1.29, 1.82) is 0 Å². The minimum absolute atomic E-state index is 0.985. The van der Waals surface area contributed by atoms with Crippen LogP contribution in [0, 0.1) is 10.5 Å². The molecule has 17 heavy (non-hydrogen) atoms. The molecule has 0 aliphatic rings. The summed E-state index contributed by atoms with van der Waals surface area (Å²) in [6, 6.07) is 6.47. The topological polar surface area (TPSA) is 29.9 Å². The first-order valence-electron chi connectivity index (χ1n) is 5.71. The Balaban J connectivity index is 1.80. The summed E-state index contributed by atoms with van der Waals surface area (Å²) in [6.07, 6.45) is 6.77. The normalized spacial score (nSPS) is 10.5. The molecule has 0 radical (unpaired) electrons. The third-order valence-electron chi connectivity index (χ3n) is 2.67. The van der Waals surface area contributed by atoms with Gasteiger partial charge < -0.3 is 9.88 Å². The molecule has 0 aliphatic carbocycles. The number of rotatable bonds is 5. The maximum absolute atomic E-state index is 4.03. The average Bonchev–Trinajstić information content (AvgIpc) is 2.82. The van der Waals surface area contributed by atoms with Gasteiger partial charge in [-0.3, -0.25) is 0 Å². The SMILES string of the molecule is Cc1ccc(I)cc1NCCCn1ccnc1. The molecule has 3 nitrogen and oxygen atoms in total. The lowest BCUT2D eigenvalue weighted by Gasteiger charge is -2.10. The van der Waals surface area contributed by atoms with E-state index in [4.69, 9.17) is 0 Å². The van der Waals surface area contributed by atoms with Gasteiger partial charge in [0.25, 0.3) is 0 Å². The van der Waals surface area contributed by atoms with Crippen molar-refractivity contribution >= 4 is 28.3 Å². The van der Waals surface area contributed by atoms with E-state index in [-0.39, 0.29) is 0 Å². The lowest BCUT2D eigenvalue weighted by Crippen LogP contribution is -2.06. The molecule has 2 aromatic rings. The zero-order valence-electron chi connectivity index (χ0n) is 9.86. The van der Waals surface area contributed by atoms with Gasteiger partial charge in [-0.2, -0.15) is 0 Å². The summed E-state index contributed by atoms with van der Waals surface area (Å²) in [7, 11) is 0. The van der Waals surface area contributed by atoms with Crippen LogP contribution in [0.5, 0.6) is 0 Å². The summed E-state index contributed by atoms with van der Waals surface area (Å²) in [5.41, 5.74) is 2.54. The summed E-state index contributed by atoms with van der Waals surface area (Å²) in [5, 5.41) is 3.48. The molecular formula is C13H16IN3. The molecule has 2 rings (SSSR count). The number of hydrogen-bond donors (Lipinski definition) is 1. The predicted octanol–water partition coefficient (Wildman–Crippen LogP) is 3.30. The highest BCUT2D eigenvalue weighted by atomic mass is 127. The maximum atomic E-state index is 4.03. The van der Waals surface area contributed by atoms with Crippen LogP contribution in [0.4, 0.5) is 5.69 Å². The van der Waals surface area contributed by atoms with E-state index in [1.807, 2.05) is 18.7 Å². The Bertz CT molecular complexity index is 466. The van der Waals surface area contributed by atoms with E-state index in [0.717, 1.165) is 19.5 Å². The van der Waals surface area contributed by atoms with Crippen molar-refractivity contribution in [3.8, 4) is 0 Å². The van der Waals surface area contributed by atoms with Crippen LogP contribution in [0.25, 0.3) is 0 Å². The second-order valence-electron chi connectivity index (χ2n) is 4.04. The third-order valence-corrected chi connectivity index (χ3v) is 3.34. The standard InChI is InChI=1S/C13H16IN3/c1-11-3-4-12(14)9-13(11)16-5-2-7-17-8-6-15-10-17/h3-4,6,8-10,16H,2,5,7H2,1H3. The predicted molar refractivity (Wildman–Crippen MR) is 79.2 cm³/mol. The Morgan fingerprint density at radius 1 is 1.41 bits per heavy atom. The molecule has 0 amide bonds. The molecule has 90 valence electrons. The number of halogens is 1. The molecular weight excluding hydrogens is 325 g/mol. The summed E-state index contributed by atoms with van der Waals surface area (Å²) >= 11 is 2.34. The van der Waals surface area contributed by atoms with Gasteiger partial charge >= 0.3 is 0 Å². The number of aryl methyl sites for hydroxylation is 2. The van der Waals surface area contributed by atoms with E-state index in [0.29, 0.717) is 0 Å². The van der Waals surface area contributed by atoms with Gasteiger partial charge in [0.05, 0.1) is 6.33 Å². The lowest BCUT2D eigenvalue weighted by atomic mass is 10.2. The Morgan fingerprint density at radius 2 is 2.29 bits per heavy atom. The van der Waals surface area contributed by atoms with E-state index in [1.54, 1.807) is 0 Å². The van der Waals surface area contributed by atoms with Crippen molar-refractivity contribution in [1.82, 2.24) is 9.55 Å². The molecule has 0 atom stereocenters. The summed E-state index contributed by atoms with van der Waals surface area (Å²) in [4.78, 5) is 4.03. The quantitative estimate of drug-likeness (QED) is 0.668. The average molecular weight is 341 g/mol. The minimum atomic E-state index is 0.985. The first kappa shape index (κ1) is 12.4. The van der Waals surface area contributed by atoms with Crippen LogP contribution in [0.1, 0.15) is 12.0 Å². The van der Waals surface area contributed by atoms with Gasteiger partial charge in [-0.05, 0) is 53.6 Å². The van der Waals surface area contributed by atoms with E-state index in [9.17, 15) is 0 Å². The lowest BCUT2D eigenvalue weighted by molar-refractivity contribution is 0.660. The Kier molecular flexibility index (Phi) is 4.42. The van der Waals surface area contributed by atoms with Gasteiger partial charge in [0.15, 0.2) is 0 Å². The van der Waals surface area contributed by atoms with E-state index < -0.39 is 0 Å². The van der Waals surface area contributed by atoms with E-state index >= 15 is 0 Å². The van der Waals surface area contributed by atoms with Gasteiger partial charge in [-0.15, -0.1) is 0 Å². The molecule has 0 spiro atoms. The number of imidazole rings is 1. The second kappa shape index (κ2) is 6.05. The maximum Gasteiger partial charge on any atom is 0.0945 e. The van der Waals surface area contributed by atoms with Crippen molar-refractivity contribution in [3.05, 3.63) is 46.1 Å². The number of aromatic nitrogens is 2. The molecule has 1 aromatic carbocycles. The zero-order chi connectivity index (χ0) is 12.1. The molecule has 0 saturated heterocycles. The molecule has 1 aromatic heterocycles. The summed E-state index contributed by atoms with van der Waals surface area (Å²) in [5.74, 6) is 0. The van der Waals surface area contributed by atoms with E-state index in [2.05, 4.69) is 62.6 Å². The fourth-order valence-electron chi connectivity index (χ4n) is 1.69. The molecule has 0 unspecified atom stereocenters. The van der Waals surface area contributed by atoms with Crippen molar-refractivity contribution in [2.75, 3.05) is 11.9 Å². The van der Waals surface area contributed by atoms with Gasteiger partial charge in [0.2, 0.25) is 0 Å². The Hall–Kier alpha value is -1.04. The first-order valence-corrected chi connectivity index (χ1v) is 6.79. The van der Waals surface area contributed by atoms with Gasteiger partial charge in [0.1, 0.15) is 0 Å². The van der Waals surface area contributed by atoms with E-state index in [1.165, 1.54) is 14.8 Å². The van der Waals surface area contributed by atoms with Crippen molar-refractivity contribution in [3.63, 3.8) is 0 Å². The summed E-state index contributed by atoms with van der Waals surface area (Å²) in [6.45, 7) is 4.13. The van der Waals surface area contributed by atoms with Crippen LogP contribution in [-0.4, -0.2) is 16.1 Å². The summed E-state index contributed by atoms with van der Waals surface area (Å²) < 4.78 is 3.37. The van der Waals surface area contributed by atoms with Gasteiger partial charge in [-0.1, -0.05) is 6.07 Å². The third kappa shape index (κ3) is 3.73. The molecule has 0 saturated carbocycles. The molecule has 1 heterocycles. The Labute approximate surface area is 115 Å². The van der Waals surface area contributed by atoms with Gasteiger partial charge in [0, 0.05) is 34.7 Å². The molecule has 1 N–H and O–H groups in total. The minimum Gasteiger partial charge on any atom is -0.385 e. The number of nitrogens with zero attached hydrogens (tertiary/aromatic N) is 2. The second-order valence-corrected chi connectivity index (χ2v) is 5.29. The fraction of sp³-hybridized carbons (Fsp3) is 0.308. The highest BCUT2D eigenvalue weighted by Gasteiger charge is 1.98. The number of benzene rings is 1. The monoisotopic (exact) mass is 341 g/mol. The zero-order valence-corrected chi connectivity index (χ0v) is 12.0. The van der Waals surface area contributed by atoms with Crippen molar-refractivity contribution in [2.24, 2.45) is 0 Å². The highest BCUT2D eigenvalue weighted by molar-refractivity contribution is 14.1. The Morgan fingerprint density at radius 3 is 3.06 bits per heavy atom. The van der Waals surface area contributed by atoms with Gasteiger partial charge in [-0.25, -0.2) is 4.98 Å².